The van der Waals surface area contributed by atoms with Crippen molar-refractivity contribution in [1.29, 1.82) is 0 Å². The van der Waals surface area contributed by atoms with Crippen LogP contribution in [0.25, 0.3) is 0 Å². The molecule has 1 unspecified atom stereocenters. The Labute approximate surface area is 136 Å². The fourth-order valence-electron chi connectivity index (χ4n) is 3.16. The zero-order valence-corrected chi connectivity index (χ0v) is 14.2. The van der Waals surface area contributed by atoms with Crippen molar-refractivity contribution >= 4 is 22.9 Å². The third-order valence-electron chi connectivity index (χ3n) is 4.59. The zero-order chi connectivity index (χ0) is 15.7. The maximum absolute atomic E-state index is 12.4. The van der Waals surface area contributed by atoms with E-state index in [1.54, 1.807) is 0 Å². The van der Waals surface area contributed by atoms with Gasteiger partial charge in [-0.15, -0.1) is 11.3 Å². The van der Waals surface area contributed by atoms with E-state index in [0.29, 0.717) is 12.6 Å². The number of carbonyl (C=O) groups is 1. The summed E-state index contributed by atoms with van der Waals surface area (Å²) >= 11 is 1.84. The fraction of sp³-hybridized carbons (Fsp3) is 0.389. The third kappa shape index (κ3) is 3.08. The Morgan fingerprint density at radius 2 is 2.18 bits per heavy atom. The van der Waals surface area contributed by atoms with Crippen LogP contribution in [0.3, 0.4) is 0 Å². The molecule has 0 saturated heterocycles. The summed E-state index contributed by atoms with van der Waals surface area (Å²) in [5, 5.41) is 5.25. The van der Waals surface area contributed by atoms with Crippen LogP contribution in [0, 0.1) is 13.8 Å². The molecule has 1 amide bonds. The van der Waals surface area contributed by atoms with Gasteiger partial charge in [0.15, 0.2) is 6.54 Å². The highest BCUT2D eigenvalue weighted by molar-refractivity contribution is 7.10. The monoisotopic (exact) mass is 315 g/mol. The van der Waals surface area contributed by atoms with Crippen molar-refractivity contribution in [3.63, 3.8) is 0 Å². The Hall–Kier alpha value is -1.65. The molecule has 3 nitrogen and oxygen atoms in total. The van der Waals surface area contributed by atoms with E-state index in [0.717, 1.165) is 24.2 Å². The smallest absolute Gasteiger partial charge is 0.279 e. The number of anilines is 1. The van der Waals surface area contributed by atoms with Gasteiger partial charge in [-0.1, -0.05) is 12.1 Å². The van der Waals surface area contributed by atoms with Crippen LogP contribution in [-0.2, 0) is 11.2 Å². The number of benzene rings is 1. The molecule has 1 aliphatic rings. The molecule has 0 spiro atoms. The molecular formula is C18H23N2OS+. The van der Waals surface area contributed by atoms with Crippen LogP contribution in [0.15, 0.2) is 29.6 Å². The highest BCUT2D eigenvalue weighted by Crippen LogP contribution is 2.24. The van der Waals surface area contributed by atoms with Crippen molar-refractivity contribution in [2.75, 3.05) is 18.4 Å². The predicted molar refractivity (Wildman–Crippen MR) is 91.7 cm³/mol. The van der Waals surface area contributed by atoms with Gasteiger partial charge in [-0.25, -0.2) is 0 Å². The van der Waals surface area contributed by atoms with E-state index < -0.39 is 0 Å². The third-order valence-corrected chi connectivity index (χ3v) is 5.58. The maximum atomic E-state index is 12.4. The molecule has 2 N–H and O–H groups in total. The molecule has 0 radical (unpaired) electrons. The van der Waals surface area contributed by atoms with Gasteiger partial charge in [0.2, 0.25) is 0 Å². The minimum absolute atomic E-state index is 0.106. The van der Waals surface area contributed by atoms with Crippen molar-refractivity contribution in [3.8, 4) is 0 Å². The summed E-state index contributed by atoms with van der Waals surface area (Å²) in [5.41, 5.74) is 4.64. The molecule has 2 heterocycles. The molecule has 116 valence electrons. The number of nitrogens with one attached hydrogen (secondary N) is 2. The summed E-state index contributed by atoms with van der Waals surface area (Å²) in [6, 6.07) is 8.78. The molecule has 1 aromatic carbocycles. The Balaban J connectivity index is 1.66. The van der Waals surface area contributed by atoms with Crippen LogP contribution < -0.4 is 10.2 Å². The molecule has 1 aliphatic heterocycles. The van der Waals surface area contributed by atoms with E-state index in [1.807, 2.05) is 31.3 Å². The number of rotatable bonds is 3. The van der Waals surface area contributed by atoms with E-state index in [1.165, 1.54) is 20.9 Å². The maximum Gasteiger partial charge on any atom is 0.279 e. The Bertz CT molecular complexity index is 692. The predicted octanol–water partition coefficient (Wildman–Crippen LogP) is 2.51. The summed E-state index contributed by atoms with van der Waals surface area (Å²) in [5.74, 6) is 0.106. The lowest BCUT2D eigenvalue weighted by molar-refractivity contribution is -0.923. The fourth-order valence-corrected chi connectivity index (χ4v) is 4.14. The minimum Gasteiger partial charge on any atom is -0.321 e. The van der Waals surface area contributed by atoms with Crippen LogP contribution >= 0.6 is 11.3 Å². The van der Waals surface area contributed by atoms with Crippen molar-refractivity contribution in [2.45, 2.75) is 33.2 Å². The zero-order valence-electron chi connectivity index (χ0n) is 13.4. The number of amides is 1. The van der Waals surface area contributed by atoms with Gasteiger partial charge in [0.05, 0.1) is 6.54 Å². The van der Waals surface area contributed by atoms with Gasteiger partial charge < -0.3 is 10.2 Å². The lowest BCUT2D eigenvalue weighted by atomic mass is 10.0. The second-order valence-electron chi connectivity index (χ2n) is 6.22. The molecular weight excluding hydrogens is 292 g/mol. The standard InChI is InChI=1S/C18H22N2OS/c1-12-4-5-13(2)16(10-12)19-18(21)11-20-8-6-17-15(14(20)3)7-9-22-17/h4-5,7,9-10,14H,6,8,11H2,1-3H3,(H,19,21)/p+1/t14-/m0/s1. The van der Waals surface area contributed by atoms with Crippen molar-refractivity contribution in [3.05, 3.63) is 51.2 Å². The topological polar surface area (TPSA) is 33.5 Å². The lowest BCUT2D eigenvalue weighted by Crippen LogP contribution is -3.14. The molecule has 4 heteroatoms. The molecule has 0 fully saturated rings. The van der Waals surface area contributed by atoms with E-state index in [2.05, 4.69) is 35.8 Å². The minimum atomic E-state index is 0.106. The number of aryl methyl sites for hydroxylation is 2. The van der Waals surface area contributed by atoms with Crippen LogP contribution in [0.4, 0.5) is 5.69 Å². The average molecular weight is 315 g/mol. The molecule has 0 saturated carbocycles. The summed E-state index contributed by atoms with van der Waals surface area (Å²) in [7, 11) is 0. The molecule has 3 rings (SSSR count). The molecule has 2 aromatic rings. The molecule has 2 atom stereocenters. The summed E-state index contributed by atoms with van der Waals surface area (Å²) in [4.78, 5) is 15.3. The average Bonchev–Trinajstić information content (AvgIpc) is 2.95. The van der Waals surface area contributed by atoms with Crippen LogP contribution in [0.5, 0.6) is 0 Å². The normalized spacial score (nSPS) is 20.5. The Kier molecular flexibility index (Phi) is 4.32. The first-order valence-corrected chi connectivity index (χ1v) is 8.70. The van der Waals surface area contributed by atoms with Crippen LogP contribution in [0.2, 0.25) is 0 Å². The lowest BCUT2D eigenvalue weighted by Gasteiger charge is -2.30. The van der Waals surface area contributed by atoms with Gasteiger partial charge in [-0.3, -0.25) is 4.79 Å². The van der Waals surface area contributed by atoms with E-state index >= 15 is 0 Å². The summed E-state index contributed by atoms with van der Waals surface area (Å²) in [6.07, 6.45) is 1.09. The van der Waals surface area contributed by atoms with Crippen molar-refractivity contribution in [1.82, 2.24) is 0 Å². The number of carbonyl (C=O) groups excluding carboxylic acids is 1. The highest BCUT2D eigenvalue weighted by Gasteiger charge is 2.29. The quantitative estimate of drug-likeness (QED) is 0.896. The first-order chi connectivity index (χ1) is 10.5. The highest BCUT2D eigenvalue weighted by atomic mass is 32.1. The SMILES string of the molecule is Cc1ccc(C)c(NC(=O)C[NH+]2CCc3sccc3[C@@H]2C)c1. The van der Waals surface area contributed by atoms with Gasteiger partial charge in [-0.05, 0) is 49.4 Å². The summed E-state index contributed by atoms with van der Waals surface area (Å²) < 4.78 is 0. The van der Waals surface area contributed by atoms with Crippen molar-refractivity contribution < 1.29 is 9.69 Å². The Morgan fingerprint density at radius 1 is 1.36 bits per heavy atom. The number of quaternary nitrogens is 1. The Morgan fingerprint density at radius 3 is 3.00 bits per heavy atom. The molecule has 22 heavy (non-hydrogen) atoms. The number of thiophene rings is 1. The second kappa shape index (κ2) is 6.23. The molecule has 1 aromatic heterocycles. The van der Waals surface area contributed by atoms with Crippen LogP contribution in [0.1, 0.15) is 34.5 Å². The molecule has 0 aliphatic carbocycles. The molecule has 0 bridgehead atoms. The van der Waals surface area contributed by atoms with Crippen molar-refractivity contribution in [2.24, 2.45) is 0 Å². The van der Waals surface area contributed by atoms with Gasteiger partial charge in [0.1, 0.15) is 6.04 Å². The largest absolute Gasteiger partial charge is 0.321 e. The van der Waals surface area contributed by atoms with E-state index in [9.17, 15) is 4.79 Å². The van der Waals surface area contributed by atoms with E-state index in [4.69, 9.17) is 0 Å². The second-order valence-corrected chi connectivity index (χ2v) is 7.22. The first kappa shape index (κ1) is 15.3. The van der Waals surface area contributed by atoms with Gasteiger partial charge >= 0.3 is 0 Å². The van der Waals surface area contributed by atoms with Crippen LogP contribution in [-0.4, -0.2) is 19.0 Å². The number of fused-ring (bicyclic) bond motifs is 1. The van der Waals surface area contributed by atoms with Gasteiger partial charge in [-0.2, -0.15) is 0 Å². The number of hydrogen-bond donors (Lipinski definition) is 2. The summed E-state index contributed by atoms with van der Waals surface area (Å²) in [6.45, 7) is 7.87. The van der Waals surface area contributed by atoms with Gasteiger partial charge in [0.25, 0.3) is 5.91 Å². The first-order valence-electron chi connectivity index (χ1n) is 7.82. The van der Waals surface area contributed by atoms with E-state index in [-0.39, 0.29) is 5.91 Å². The van der Waals surface area contributed by atoms with Gasteiger partial charge in [0, 0.05) is 22.5 Å². The number of hydrogen-bond acceptors (Lipinski definition) is 2.